The molecule has 2 amide bonds. The number of hydrogen-bond acceptors (Lipinski definition) is 4. The maximum Gasteiger partial charge on any atom is 0.220 e. The summed E-state index contributed by atoms with van der Waals surface area (Å²) in [5, 5.41) is 5.75. The summed E-state index contributed by atoms with van der Waals surface area (Å²) in [4.78, 5) is 24.7. The molecule has 1 fully saturated rings. The summed E-state index contributed by atoms with van der Waals surface area (Å²) in [5.74, 6) is -1.01. The highest BCUT2D eigenvalue weighted by atomic mass is 32.2. The van der Waals surface area contributed by atoms with E-state index in [1.54, 1.807) is 0 Å². The monoisotopic (exact) mass is 442 g/mol. The van der Waals surface area contributed by atoms with Crippen molar-refractivity contribution in [3.05, 3.63) is 71.8 Å². The first-order valence-electron chi connectivity index (χ1n) is 10.7. The second-order valence-electron chi connectivity index (χ2n) is 8.18. The fourth-order valence-electron chi connectivity index (χ4n) is 4.05. The zero-order valence-corrected chi connectivity index (χ0v) is 18.4. The van der Waals surface area contributed by atoms with Crippen LogP contribution in [-0.4, -0.2) is 44.8 Å². The third-order valence-electron chi connectivity index (χ3n) is 5.66. The van der Waals surface area contributed by atoms with Crippen molar-refractivity contribution in [3.8, 4) is 0 Å². The van der Waals surface area contributed by atoms with Crippen LogP contribution in [0.4, 0.5) is 0 Å². The molecule has 7 heteroatoms. The van der Waals surface area contributed by atoms with E-state index in [1.165, 1.54) is 0 Å². The van der Waals surface area contributed by atoms with E-state index in [1.807, 2.05) is 60.7 Å². The zero-order valence-electron chi connectivity index (χ0n) is 17.6. The lowest BCUT2D eigenvalue weighted by atomic mass is 9.89. The van der Waals surface area contributed by atoms with Gasteiger partial charge >= 0.3 is 0 Å². The Kier molecular flexibility index (Phi) is 8.23. The van der Waals surface area contributed by atoms with Crippen molar-refractivity contribution in [1.82, 2.24) is 10.6 Å². The van der Waals surface area contributed by atoms with Gasteiger partial charge in [-0.05, 0) is 35.8 Å². The highest BCUT2D eigenvalue weighted by Gasteiger charge is 2.39. The molecule has 31 heavy (non-hydrogen) atoms. The molecule has 0 bridgehead atoms. The summed E-state index contributed by atoms with van der Waals surface area (Å²) < 4.78 is 24.3. The van der Waals surface area contributed by atoms with Gasteiger partial charge in [0, 0.05) is 25.9 Å². The lowest BCUT2D eigenvalue weighted by Crippen LogP contribution is -2.32. The molecule has 2 aromatic carbocycles. The Morgan fingerprint density at radius 3 is 1.48 bits per heavy atom. The molecule has 0 aromatic heterocycles. The van der Waals surface area contributed by atoms with Crippen LogP contribution in [0.2, 0.25) is 0 Å². The Morgan fingerprint density at radius 1 is 0.710 bits per heavy atom. The third-order valence-corrected chi connectivity index (χ3v) is 7.53. The molecule has 2 aromatic rings. The van der Waals surface area contributed by atoms with E-state index in [0.717, 1.165) is 24.0 Å². The lowest BCUT2D eigenvalue weighted by Gasteiger charge is -2.17. The average Bonchev–Trinajstić information content (AvgIpc) is 3.02. The second kappa shape index (κ2) is 11.1. The standard InChI is InChI=1S/C24H30N2O4S/c27-23(25-13-11-19-7-3-1-4-8-19)15-21-17-31(29,30)18-22(21)16-24(28)26-14-12-20-9-5-2-6-10-20/h1-10,21-22H,11-18H2,(H,25,27)(H,26,28). The van der Waals surface area contributed by atoms with Gasteiger partial charge in [0.2, 0.25) is 11.8 Å². The summed E-state index contributed by atoms with van der Waals surface area (Å²) >= 11 is 0. The minimum Gasteiger partial charge on any atom is -0.356 e. The molecule has 6 nitrogen and oxygen atoms in total. The van der Waals surface area contributed by atoms with E-state index in [-0.39, 0.29) is 48.0 Å². The Balaban J connectivity index is 1.43. The largest absolute Gasteiger partial charge is 0.356 e. The smallest absolute Gasteiger partial charge is 0.220 e. The Labute approximate surface area is 184 Å². The van der Waals surface area contributed by atoms with E-state index in [0.29, 0.717) is 13.1 Å². The summed E-state index contributed by atoms with van der Waals surface area (Å²) in [6.45, 7) is 1.01. The summed E-state index contributed by atoms with van der Waals surface area (Å²) in [6.07, 6.45) is 1.72. The van der Waals surface area contributed by atoms with Gasteiger partial charge in [-0.2, -0.15) is 0 Å². The van der Waals surface area contributed by atoms with Gasteiger partial charge in [0.1, 0.15) is 0 Å². The predicted molar refractivity (Wildman–Crippen MR) is 121 cm³/mol. The number of amides is 2. The Morgan fingerprint density at radius 2 is 1.10 bits per heavy atom. The number of carbonyl (C=O) groups is 2. The topological polar surface area (TPSA) is 92.3 Å². The second-order valence-corrected chi connectivity index (χ2v) is 10.3. The molecule has 2 atom stereocenters. The number of rotatable bonds is 10. The molecule has 2 unspecified atom stereocenters. The van der Waals surface area contributed by atoms with E-state index >= 15 is 0 Å². The molecule has 0 spiro atoms. The number of benzene rings is 2. The molecule has 1 aliphatic rings. The van der Waals surface area contributed by atoms with Crippen LogP contribution in [0, 0.1) is 11.8 Å². The minimum atomic E-state index is -3.22. The lowest BCUT2D eigenvalue weighted by molar-refractivity contribution is -0.124. The average molecular weight is 443 g/mol. The van der Waals surface area contributed by atoms with Crippen molar-refractivity contribution >= 4 is 21.7 Å². The molecule has 0 saturated carbocycles. The SMILES string of the molecule is O=C(CC1CS(=O)(=O)CC1CC(=O)NCCc1ccccc1)NCCc1ccccc1. The molecular formula is C24H30N2O4S. The molecule has 1 aliphatic heterocycles. The van der Waals surface area contributed by atoms with Crippen molar-refractivity contribution in [2.45, 2.75) is 25.7 Å². The molecular weight excluding hydrogens is 412 g/mol. The van der Waals surface area contributed by atoms with Gasteiger partial charge in [-0.15, -0.1) is 0 Å². The fourth-order valence-corrected chi connectivity index (χ4v) is 6.27. The molecule has 1 heterocycles. The minimum absolute atomic E-state index is 0.0267. The van der Waals surface area contributed by atoms with Crippen LogP contribution in [-0.2, 0) is 32.3 Å². The van der Waals surface area contributed by atoms with Crippen LogP contribution in [0.1, 0.15) is 24.0 Å². The first-order valence-corrected chi connectivity index (χ1v) is 12.5. The van der Waals surface area contributed by atoms with Crippen LogP contribution in [0.15, 0.2) is 60.7 Å². The van der Waals surface area contributed by atoms with Crippen molar-refractivity contribution < 1.29 is 18.0 Å². The summed E-state index contributed by atoms with van der Waals surface area (Å²) in [6, 6.07) is 19.7. The van der Waals surface area contributed by atoms with Gasteiger partial charge in [0.05, 0.1) is 11.5 Å². The number of sulfone groups is 1. The number of nitrogens with one attached hydrogen (secondary N) is 2. The molecule has 166 valence electrons. The highest BCUT2D eigenvalue weighted by Crippen LogP contribution is 2.30. The summed E-state index contributed by atoms with van der Waals surface area (Å²) in [7, 11) is -3.22. The molecule has 0 aliphatic carbocycles. The van der Waals surface area contributed by atoms with Crippen LogP contribution in [0.3, 0.4) is 0 Å². The maximum atomic E-state index is 12.4. The van der Waals surface area contributed by atoms with Gasteiger partial charge in [-0.3, -0.25) is 9.59 Å². The van der Waals surface area contributed by atoms with Gasteiger partial charge in [-0.1, -0.05) is 60.7 Å². The molecule has 1 saturated heterocycles. The van der Waals surface area contributed by atoms with Crippen LogP contribution < -0.4 is 10.6 Å². The van der Waals surface area contributed by atoms with Crippen LogP contribution in [0.25, 0.3) is 0 Å². The Hall–Kier alpha value is -2.67. The maximum absolute atomic E-state index is 12.4. The fraction of sp³-hybridized carbons (Fsp3) is 0.417. The first-order chi connectivity index (χ1) is 14.9. The van der Waals surface area contributed by atoms with E-state index in [4.69, 9.17) is 0 Å². The van der Waals surface area contributed by atoms with Crippen LogP contribution >= 0.6 is 0 Å². The third kappa shape index (κ3) is 7.83. The van der Waals surface area contributed by atoms with Gasteiger partial charge < -0.3 is 10.6 Å². The van der Waals surface area contributed by atoms with Crippen molar-refractivity contribution in [2.24, 2.45) is 11.8 Å². The normalized spacial score (nSPS) is 19.6. The van der Waals surface area contributed by atoms with Gasteiger partial charge in [0.25, 0.3) is 0 Å². The Bertz CT molecular complexity index is 888. The van der Waals surface area contributed by atoms with Crippen molar-refractivity contribution in [1.29, 1.82) is 0 Å². The van der Waals surface area contributed by atoms with Crippen LogP contribution in [0.5, 0.6) is 0 Å². The summed E-state index contributed by atoms with van der Waals surface area (Å²) in [5.41, 5.74) is 2.27. The van der Waals surface area contributed by atoms with Gasteiger partial charge in [0.15, 0.2) is 9.84 Å². The van der Waals surface area contributed by atoms with Crippen molar-refractivity contribution in [3.63, 3.8) is 0 Å². The number of hydrogen-bond donors (Lipinski definition) is 2. The molecule has 3 rings (SSSR count). The zero-order chi connectivity index (χ0) is 22.1. The quantitative estimate of drug-likeness (QED) is 0.590. The predicted octanol–water partition coefficient (Wildman–Crippen LogP) is 2.15. The van der Waals surface area contributed by atoms with Gasteiger partial charge in [-0.25, -0.2) is 8.42 Å². The number of carbonyl (C=O) groups excluding carboxylic acids is 2. The molecule has 0 radical (unpaired) electrons. The highest BCUT2D eigenvalue weighted by molar-refractivity contribution is 7.91. The van der Waals surface area contributed by atoms with Crippen molar-refractivity contribution in [2.75, 3.05) is 24.6 Å². The first kappa shape index (κ1) is 23.0. The van der Waals surface area contributed by atoms with E-state index < -0.39 is 9.84 Å². The molecule has 2 N–H and O–H groups in total. The van der Waals surface area contributed by atoms with E-state index in [9.17, 15) is 18.0 Å². The van der Waals surface area contributed by atoms with E-state index in [2.05, 4.69) is 10.6 Å².